The van der Waals surface area contributed by atoms with E-state index in [1.165, 1.54) is 0 Å². The fourth-order valence-corrected chi connectivity index (χ4v) is 2.06. The highest BCUT2D eigenvalue weighted by molar-refractivity contribution is 7.09. The first-order chi connectivity index (χ1) is 8.19. The van der Waals surface area contributed by atoms with Gasteiger partial charge in [-0.1, -0.05) is 0 Å². The Hall–Kier alpha value is -1.75. The molecule has 0 atom stereocenters. The van der Waals surface area contributed by atoms with Crippen LogP contribution in [0.5, 0.6) is 5.75 Å². The Balaban J connectivity index is 2.11. The summed E-state index contributed by atoms with van der Waals surface area (Å²) in [7, 11) is 0. The van der Waals surface area contributed by atoms with Crippen molar-refractivity contribution in [1.82, 2.24) is 9.97 Å². The molecule has 2 aromatic heterocycles. The first-order valence-corrected chi connectivity index (χ1v) is 6.03. The minimum atomic E-state index is 0.332. The van der Waals surface area contributed by atoms with Crippen molar-refractivity contribution in [1.29, 1.82) is 0 Å². The third-order valence-corrected chi connectivity index (χ3v) is 3.09. The predicted molar refractivity (Wildman–Crippen MR) is 65.5 cm³/mol. The highest BCUT2D eigenvalue weighted by Gasteiger charge is 2.06. The van der Waals surface area contributed by atoms with Crippen LogP contribution in [-0.4, -0.2) is 16.3 Å². The Morgan fingerprint density at radius 2 is 2.12 bits per heavy atom. The number of aldehydes is 1. The molecule has 0 spiro atoms. The summed E-state index contributed by atoms with van der Waals surface area (Å²) in [6.45, 7) is 4.13. The van der Waals surface area contributed by atoms with Gasteiger partial charge in [0.2, 0.25) is 0 Å². The van der Waals surface area contributed by atoms with Gasteiger partial charge in [-0.3, -0.25) is 4.79 Å². The van der Waals surface area contributed by atoms with Crippen LogP contribution in [0.1, 0.15) is 26.9 Å². The molecule has 0 amide bonds. The number of ether oxygens (including phenoxy) is 1. The molecule has 0 aliphatic rings. The lowest BCUT2D eigenvalue weighted by molar-refractivity contribution is 0.111. The first kappa shape index (κ1) is 11.7. The smallest absolute Gasteiger partial charge is 0.172 e. The molecule has 0 bridgehead atoms. The maximum absolute atomic E-state index is 10.8. The van der Waals surface area contributed by atoms with E-state index in [0.29, 0.717) is 24.3 Å². The molecule has 2 heterocycles. The molecular weight excluding hydrogens is 236 g/mol. The highest BCUT2D eigenvalue weighted by atomic mass is 32.1. The molecule has 17 heavy (non-hydrogen) atoms. The van der Waals surface area contributed by atoms with E-state index in [-0.39, 0.29) is 0 Å². The molecule has 0 fully saturated rings. The standard InChI is InChI=1S/C12H12N2O2S/c1-8-3-4-11(10(5-15)13-8)16-6-12-14-9(2)7-17-12/h3-5,7H,6H2,1-2H3. The number of pyridine rings is 1. The predicted octanol–water partition coefficient (Wildman–Crippen LogP) is 2.55. The number of carbonyl (C=O) groups excluding carboxylic acids is 1. The third-order valence-electron chi connectivity index (χ3n) is 2.15. The molecule has 0 aromatic carbocycles. The lowest BCUT2D eigenvalue weighted by atomic mass is 10.3. The zero-order chi connectivity index (χ0) is 12.3. The second kappa shape index (κ2) is 5.05. The molecule has 0 saturated heterocycles. The number of hydrogen-bond acceptors (Lipinski definition) is 5. The Labute approximate surface area is 103 Å². The molecule has 0 saturated carbocycles. The summed E-state index contributed by atoms with van der Waals surface area (Å²) in [5.41, 5.74) is 2.11. The zero-order valence-electron chi connectivity index (χ0n) is 9.64. The summed E-state index contributed by atoms with van der Waals surface area (Å²) in [4.78, 5) is 19.2. The van der Waals surface area contributed by atoms with Crippen molar-refractivity contribution in [3.05, 3.63) is 39.6 Å². The molecule has 2 aromatic rings. The Kier molecular flexibility index (Phi) is 3.49. The van der Waals surface area contributed by atoms with Crippen LogP contribution in [-0.2, 0) is 6.61 Å². The van der Waals surface area contributed by atoms with Gasteiger partial charge in [-0.2, -0.15) is 0 Å². The van der Waals surface area contributed by atoms with E-state index in [2.05, 4.69) is 9.97 Å². The number of aryl methyl sites for hydroxylation is 2. The summed E-state index contributed by atoms with van der Waals surface area (Å²) in [5, 5.41) is 2.85. The van der Waals surface area contributed by atoms with E-state index in [4.69, 9.17) is 4.74 Å². The van der Waals surface area contributed by atoms with Crippen molar-refractivity contribution in [2.75, 3.05) is 0 Å². The highest BCUT2D eigenvalue weighted by Crippen LogP contribution is 2.18. The van der Waals surface area contributed by atoms with Crippen molar-refractivity contribution in [3.8, 4) is 5.75 Å². The van der Waals surface area contributed by atoms with Crippen LogP contribution in [0.15, 0.2) is 17.5 Å². The molecule has 0 radical (unpaired) electrons. The first-order valence-electron chi connectivity index (χ1n) is 5.15. The number of rotatable bonds is 4. The normalized spacial score (nSPS) is 10.2. The molecule has 5 heteroatoms. The molecule has 4 nitrogen and oxygen atoms in total. The second-order valence-corrected chi connectivity index (χ2v) is 4.57. The number of thiazole rings is 1. The van der Waals surface area contributed by atoms with E-state index < -0.39 is 0 Å². The van der Waals surface area contributed by atoms with Gasteiger partial charge in [0.15, 0.2) is 6.29 Å². The number of nitrogens with zero attached hydrogens (tertiary/aromatic N) is 2. The number of aromatic nitrogens is 2. The van der Waals surface area contributed by atoms with Crippen molar-refractivity contribution >= 4 is 17.6 Å². The second-order valence-electron chi connectivity index (χ2n) is 3.63. The van der Waals surface area contributed by atoms with Crippen molar-refractivity contribution in [2.24, 2.45) is 0 Å². The summed E-state index contributed by atoms with van der Waals surface area (Å²) < 4.78 is 5.54. The molecule has 0 aliphatic carbocycles. The van der Waals surface area contributed by atoms with Crippen molar-refractivity contribution < 1.29 is 9.53 Å². The topological polar surface area (TPSA) is 52.1 Å². The Bertz CT molecular complexity index is 537. The van der Waals surface area contributed by atoms with Gasteiger partial charge in [-0.05, 0) is 26.0 Å². The fraction of sp³-hybridized carbons (Fsp3) is 0.250. The van der Waals surface area contributed by atoms with Crippen LogP contribution in [0.2, 0.25) is 0 Å². The van der Waals surface area contributed by atoms with Crippen LogP contribution < -0.4 is 4.74 Å². The number of carbonyl (C=O) groups is 1. The van der Waals surface area contributed by atoms with Crippen molar-refractivity contribution in [3.63, 3.8) is 0 Å². The molecule has 0 unspecified atom stereocenters. The van der Waals surface area contributed by atoms with Gasteiger partial charge >= 0.3 is 0 Å². The molecule has 88 valence electrons. The van der Waals surface area contributed by atoms with E-state index in [1.54, 1.807) is 17.4 Å². The third kappa shape index (κ3) is 2.88. The lowest BCUT2D eigenvalue weighted by Crippen LogP contribution is -2.00. The van der Waals surface area contributed by atoms with Gasteiger partial charge in [0.25, 0.3) is 0 Å². The van der Waals surface area contributed by atoms with Crippen LogP contribution in [0.25, 0.3) is 0 Å². The van der Waals surface area contributed by atoms with Crippen molar-refractivity contribution in [2.45, 2.75) is 20.5 Å². The summed E-state index contributed by atoms with van der Waals surface area (Å²) >= 11 is 1.54. The van der Waals surface area contributed by atoms with Gasteiger partial charge in [0, 0.05) is 16.8 Å². The quantitative estimate of drug-likeness (QED) is 0.780. The SMILES string of the molecule is Cc1csc(COc2ccc(C)nc2C=O)n1. The molecule has 0 aliphatic heterocycles. The van der Waals surface area contributed by atoms with Gasteiger partial charge in [0.05, 0.1) is 0 Å². The summed E-state index contributed by atoms with van der Waals surface area (Å²) in [6.07, 6.45) is 0.704. The van der Waals surface area contributed by atoms with Crippen LogP contribution in [0, 0.1) is 13.8 Å². The van der Waals surface area contributed by atoms with Crippen LogP contribution >= 0.6 is 11.3 Å². The summed E-state index contributed by atoms with van der Waals surface area (Å²) in [6, 6.07) is 3.57. The maximum Gasteiger partial charge on any atom is 0.172 e. The van der Waals surface area contributed by atoms with Gasteiger partial charge < -0.3 is 4.74 Å². The zero-order valence-corrected chi connectivity index (χ0v) is 10.5. The number of hydrogen-bond donors (Lipinski definition) is 0. The lowest BCUT2D eigenvalue weighted by Gasteiger charge is -2.06. The van der Waals surface area contributed by atoms with E-state index in [0.717, 1.165) is 16.4 Å². The Morgan fingerprint density at radius 3 is 2.76 bits per heavy atom. The molecule has 2 rings (SSSR count). The fourth-order valence-electron chi connectivity index (χ4n) is 1.38. The van der Waals surface area contributed by atoms with Crippen LogP contribution in [0.4, 0.5) is 0 Å². The van der Waals surface area contributed by atoms with E-state index in [9.17, 15) is 4.79 Å². The Morgan fingerprint density at radius 1 is 1.29 bits per heavy atom. The van der Waals surface area contributed by atoms with Crippen LogP contribution in [0.3, 0.4) is 0 Å². The minimum absolute atomic E-state index is 0.332. The molecular formula is C12H12N2O2S. The monoisotopic (exact) mass is 248 g/mol. The van der Waals surface area contributed by atoms with Gasteiger partial charge in [-0.25, -0.2) is 9.97 Å². The average molecular weight is 248 g/mol. The average Bonchev–Trinajstić information content (AvgIpc) is 2.73. The summed E-state index contributed by atoms with van der Waals surface area (Å²) in [5.74, 6) is 0.499. The molecule has 0 N–H and O–H groups in total. The van der Waals surface area contributed by atoms with Gasteiger partial charge in [0.1, 0.15) is 23.1 Å². The van der Waals surface area contributed by atoms with E-state index >= 15 is 0 Å². The largest absolute Gasteiger partial charge is 0.484 e. The van der Waals surface area contributed by atoms with E-state index in [1.807, 2.05) is 25.3 Å². The maximum atomic E-state index is 10.8. The van der Waals surface area contributed by atoms with Gasteiger partial charge in [-0.15, -0.1) is 11.3 Å². The minimum Gasteiger partial charge on any atom is -0.484 e.